The van der Waals surface area contributed by atoms with Crippen LogP contribution in [0.15, 0.2) is 65.6 Å². The van der Waals surface area contributed by atoms with Gasteiger partial charge in [0.1, 0.15) is 17.2 Å². The number of hydrogen-bond acceptors (Lipinski definition) is 6. The number of H-pyrrole nitrogens is 1. The molecule has 0 radical (unpaired) electrons. The Hall–Kier alpha value is -3.87. The summed E-state index contributed by atoms with van der Waals surface area (Å²) in [7, 11) is 3.13. The highest BCUT2D eigenvalue weighted by molar-refractivity contribution is 5.83. The Balaban J connectivity index is 1.77. The molecule has 2 aromatic heterocycles. The maximum atomic E-state index is 12.2. The molecule has 140 valence electrons. The quantitative estimate of drug-likeness (QED) is 0.553. The predicted molar refractivity (Wildman–Crippen MR) is 108 cm³/mol. The molecule has 4 rings (SSSR count). The monoisotopic (exact) mass is 374 g/mol. The van der Waals surface area contributed by atoms with Gasteiger partial charge >= 0.3 is 0 Å². The first-order chi connectivity index (χ1) is 13.7. The first-order valence-corrected chi connectivity index (χ1v) is 8.62. The summed E-state index contributed by atoms with van der Waals surface area (Å²) in [5, 5.41) is 4.08. The van der Waals surface area contributed by atoms with Gasteiger partial charge in [-0.25, -0.2) is 4.98 Å². The van der Waals surface area contributed by atoms with Crippen LogP contribution in [0.4, 0.5) is 11.6 Å². The van der Waals surface area contributed by atoms with Gasteiger partial charge in [0, 0.05) is 23.2 Å². The minimum absolute atomic E-state index is 0.271. The second-order valence-electron chi connectivity index (χ2n) is 6.05. The van der Waals surface area contributed by atoms with E-state index < -0.39 is 0 Å². The Morgan fingerprint density at radius 1 is 0.964 bits per heavy atom. The van der Waals surface area contributed by atoms with Crippen LogP contribution in [0, 0.1) is 0 Å². The fraction of sp³-hybridized carbons (Fsp3) is 0.0952. The van der Waals surface area contributed by atoms with E-state index in [4.69, 9.17) is 9.47 Å². The smallest absolute Gasteiger partial charge is 0.252 e. The molecule has 2 N–H and O–H groups in total. The average molecular weight is 374 g/mol. The molecule has 0 fully saturated rings. The number of pyridine rings is 1. The van der Waals surface area contributed by atoms with Gasteiger partial charge in [-0.1, -0.05) is 18.2 Å². The van der Waals surface area contributed by atoms with Crippen molar-refractivity contribution in [1.29, 1.82) is 0 Å². The highest BCUT2D eigenvalue weighted by atomic mass is 16.5. The molecule has 0 atom stereocenters. The van der Waals surface area contributed by atoms with Crippen molar-refractivity contribution in [2.45, 2.75) is 0 Å². The number of benzene rings is 2. The number of nitrogens with one attached hydrogen (secondary N) is 2. The lowest BCUT2D eigenvalue weighted by atomic mass is 10.1. The number of fused-ring (bicyclic) bond motifs is 1. The highest BCUT2D eigenvalue weighted by Gasteiger charge is 2.12. The van der Waals surface area contributed by atoms with Gasteiger partial charge in [0.05, 0.1) is 25.4 Å². The molecule has 0 spiro atoms. The summed E-state index contributed by atoms with van der Waals surface area (Å²) in [6, 6.07) is 16.5. The summed E-state index contributed by atoms with van der Waals surface area (Å²) >= 11 is 0. The van der Waals surface area contributed by atoms with E-state index in [9.17, 15) is 4.79 Å². The molecule has 0 aliphatic heterocycles. The first kappa shape index (κ1) is 17.5. The van der Waals surface area contributed by atoms with Crippen molar-refractivity contribution >= 4 is 22.5 Å². The van der Waals surface area contributed by atoms with Gasteiger partial charge in [-0.2, -0.15) is 0 Å². The van der Waals surface area contributed by atoms with Gasteiger partial charge in [-0.15, -0.1) is 0 Å². The van der Waals surface area contributed by atoms with Crippen LogP contribution in [0.3, 0.4) is 0 Å². The van der Waals surface area contributed by atoms with E-state index in [1.54, 1.807) is 32.5 Å². The van der Waals surface area contributed by atoms with E-state index >= 15 is 0 Å². The molecule has 0 bridgehead atoms. The van der Waals surface area contributed by atoms with Gasteiger partial charge in [-0.3, -0.25) is 14.8 Å². The van der Waals surface area contributed by atoms with Gasteiger partial charge in [-0.05, 0) is 30.3 Å². The first-order valence-electron chi connectivity index (χ1n) is 8.62. The van der Waals surface area contributed by atoms with Crippen LogP contribution >= 0.6 is 0 Å². The molecule has 28 heavy (non-hydrogen) atoms. The largest absolute Gasteiger partial charge is 0.494 e. The van der Waals surface area contributed by atoms with Gasteiger partial charge in [0.15, 0.2) is 0 Å². The molecule has 7 nitrogen and oxygen atoms in total. The number of aromatic nitrogens is 3. The van der Waals surface area contributed by atoms with Crippen LogP contribution < -0.4 is 20.3 Å². The van der Waals surface area contributed by atoms with Crippen molar-refractivity contribution < 1.29 is 9.47 Å². The van der Waals surface area contributed by atoms with Crippen LogP contribution in [-0.2, 0) is 0 Å². The van der Waals surface area contributed by atoms with Crippen LogP contribution in [-0.4, -0.2) is 29.2 Å². The average Bonchev–Trinajstić information content (AvgIpc) is 2.73. The minimum atomic E-state index is -0.271. The predicted octanol–water partition coefficient (Wildman–Crippen LogP) is 3.75. The van der Waals surface area contributed by atoms with Crippen molar-refractivity contribution in [1.82, 2.24) is 15.0 Å². The molecule has 0 aliphatic carbocycles. The van der Waals surface area contributed by atoms with E-state index in [-0.39, 0.29) is 11.5 Å². The molecule has 0 saturated heterocycles. The fourth-order valence-electron chi connectivity index (χ4n) is 2.99. The van der Waals surface area contributed by atoms with Crippen LogP contribution in [0.2, 0.25) is 0 Å². The molecule has 0 unspecified atom stereocenters. The standard InChI is InChI=1S/C21H18N4O3/c1-27-17-6-3-7-18(28-2)20(17)25-21-23-16(12-19(26)24-21)14-8-9-15-13(11-14)5-4-10-22-15/h3-12H,1-2H3,(H2,23,24,25,26). The molecule has 2 aromatic carbocycles. The van der Waals surface area contributed by atoms with E-state index in [1.165, 1.54) is 6.07 Å². The SMILES string of the molecule is COc1cccc(OC)c1Nc1nc(-c2ccc3ncccc3c2)cc(=O)[nH]1. The minimum Gasteiger partial charge on any atom is -0.494 e. The summed E-state index contributed by atoms with van der Waals surface area (Å²) in [6.45, 7) is 0. The third kappa shape index (κ3) is 3.37. The Bertz CT molecular complexity index is 1180. The molecule has 4 aromatic rings. The molecule has 0 amide bonds. The normalized spacial score (nSPS) is 10.6. The molecular weight excluding hydrogens is 356 g/mol. The lowest BCUT2D eigenvalue weighted by molar-refractivity contribution is 0.398. The maximum absolute atomic E-state index is 12.2. The number of rotatable bonds is 5. The number of anilines is 2. The number of methoxy groups -OCH3 is 2. The number of para-hydroxylation sites is 1. The Kier molecular flexibility index (Phi) is 4.63. The fourth-order valence-corrected chi connectivity index (χ4v) is 2.99. The molecular formula is C21H18N4O3. The summed E-state index contributed by atoms with van der Waals surface area (Å²) < 4.78 is 10.8. The van der Waals surface area contributed by atoms with Crippen molar-refractivity contribution in [3.63, 3.8) is 0 Å². The molecule has 7 heteroatoms. The van der Waals surface area contributed by atoms with Gasteiger partial charge in [0.25, 0.3) is 5.56 Å². The summed E-state index contributed by atoms with van der Waals surface area (Å²) in [6.07, 6.45) is 1.75. The van der Waals surface area contributed by atoms with Crippen LogP contribution in [0.5, 0.6) is 11.5 Å². The molecule has 2 heterocycles. The van der Waals surface area contributed by atoms with Crippen molar-refractivity contribution in [3.05, 3.63) is 71.1 Å². The van der Waals surface area contributed by atoms with Crippen molar-refractivity contribution in [2.24, 2.45) is 0 Å². The Morgan fingerprint density at radius 3 is 2.50 bits per heavy atom. The zero-order valence-corrected chi connectivity index (χ0v) is 15.4. The van der Waals surface area contributed by atoms with Crippen molar-refractivity contribution in [3.8, 4) is 22.8 Å². The van der Waals surface area contributed by atoms with E-state index in [0.29, 0.717) is 22.9 Å². The Labute approximate surface area is 161 Å². The number of hydrogen-bond donors (Lipinski definition) is 2. The van der Waals surface area contributed by atoms with E-state index in [2.05, 4.69) is 20.3 Å². The molecule has 0 saturated carbocycles. The van der Waals surface area contributed by atoms with E-state index in [0.717, 1.165) is 16.5 Å². The highest BCUT2D eigenvalue weighted by Crippen LogP contribution is 2.35. The molecule has 0 aliphatic rings. The summed E-state index contributed by atoms with van der Waals surface area (Å²) in [5.74, 6) is 1.44. The second-order valence-corrected chi connectivity index (χ2v) is 6.05. The van der Waals surface area contributed by atoms with Gasteiger partial charge < -0.3 is 14.8 Å². The lowest BCUT2D eigenvalue weighted by Gasteiger charge is -2.14. The topological polar surface area (TPSA) is 89.1 Å². The zero-order valence-electron chi connectivity index (χ0n) is 15.4. The Morgan fingerprint density at radius 2 is 1.75 bits per heavy atom. The van der Waals surface area contributed by atoms with Crippen LogP contribution in [0.1, 0.15) is 0 Å². The second kappa shape index (κ2) is 7.40. The maximum Gasteiger partial charge on any atom is 0.252 e. The van der Waals surface area contributed by atoms with Gasteiger partial charge in [0.2, 0.25) is 5.95 Å². The number of ether oxygens (including phenoxy) is 2. The van der Waals surface area contributed by atoms with Crippen LogP contribution in [0.25, 0.3) is 22.2 Å². The summed E-state index contributed by atoms with van der Waals surface area (Å²) in [4.78, 5) is 23.8. The van der Waals surface area contributed by atoms with E-state index in [1.807, 2.05) is 36.4 Å². The zero-order chi connectivity index (χ0) is 19.5. The lowest BCUT2D eigenvalue weighted by Crippen LogP contribution is -2.11. The number of aromatic amines is 1. The number of nitrogens with zero attached hydrogens (tertiary/aromatic N) is 2. The third-order valence-corrected chi connectivity index (χ3v) is 4.31. The third-order valence-electron chi connectivity index (χ3n) is 4.31. The van der Waals surface area contributed by atoms with Crippen molar-refractivity contribution in [2.75, 3.05) is 19.5 Å². The summed E-state index contributed by atoms with van der Waals surface area (Å²) in [5.41, 5.74) is 2.56.